The molecular weight excluding hydrogens is 361 g/mol. The minimum absolute atomic E-state index is 0.0403. The van der Waals surface area contributed by atoms with Crippen molar-refractivity contribution in [1.82, 2.24) is 0 Å². The van der Waals surface area contributed by atoms with Crippen molar-refractivity contribution in [3.63, 3.8) is 0 Å². The molecule has 0 spiro atoms. The number of anilines is 1. The van der Waals surface area contributed by atoms with Crippen LogP contribution in [0.2, 0.25) is 5.02 Å². The SMILES string of the molecule is Cc1ccc(C)c(NC(=O)[C@H](C)OC(=O)COc2ccc(F)cc2Cl)c1. The molecule has 2 aromatic rings. The van der Waals surface area contributed by atoms with Gasteiger partial charge in [0.05, 0.1) is 5.02 Å². The van der Waals surface area contributed by atoms with E-state index in [2.05, 4.69) is 5.32 Å². The second kappa shape index (κ2) is 8.67. The highest BCUT2D eigenvalue weighted by Gasteiger charge is 2.19. The number of hydrogen-bond donors (Lipinski definition) is 1. The summed E-state index contributed by atoms with van der Waals surface area (Å²) in [5.41, 5.74) is 2.56. The molecule has 0 bridgehead atoms. The van der Waals surface area contributed by atoms with Gasteiger partial charge >= 0.3 is 5.97 Å². The average molecular weight is 380 g/mol. The van der Waals surface area contributed by atoms with Crippen LogP contribution in [0.25, 0.3) is 0 Å². The third-order valence-corrected chi connectivity index (χ3v) is 3.86. The number of halogens is 2. The molecule has 1 atom stereocenters. The van der Waals surface area contributed by atoms with Crippen molar-refractivity contribution >= 4 is 29.2 Å². The first-order valence-electron chi connectivity index (χ1n) is 7.91. The Kier molecular flexibility index (Phi) is 6.58. The highest BCUT2D eigenvalue weighted by atomic mass is 35.5. The van der Waals surface area contributed by atoms with Gasteiger partial charge in [-0.05, 0) is 56.2 Å². The lowest BCUT2D eigenvalue weighted by Crippen LogP contribution is -2.31. The Morgan fingerprint density at radius 1 is 1.19 bits per heavy atom. The number of rotatable bonds is 6. The molecule has 0 unspecified atom stereocenters. The van der Waals surface area contributed by atoms with Crippen LogP contribution in [0.1, 0.15) is 18.1 Å². The van der Waals surface area contributed by atoms with Gasteiger partial charge in [0.2, 0.25) is 0 Å². The largest absolute Gasteiger partial charge is 0.480 e. The lowest BCUT2D eigenvalue weighted by Gasteiger charge is -2.15. The predicted molar refractivity (Wildman–Crippen MR) is 97.0 cm³/mol. The van der Waals surface area contributed by atoms with Gasteiger partial charge in [0, 0.05) is 5.69 Å². The minimum atomic E-state index is -1.00. The Hall–Kier alpha value is -2.60. The van der Waals surface area contributed by atoms with E-state index in [1.807, 2.05) is 32.0 Å². The van der Waals surface area contributed by atoms with E-state index in [4.69, 9.17) is 21.1 Å². The zero-order chi connectivity index (χ0) is 19.3. The fourth-order valence-electron chi connectivity index (χ4n) is 2.12. The number of hydrogen-bond acceptors (Lipinski definition) is 4. The number of benzene rings is 2. The number of carbonyl (C=O) groups excluding carboxylic acids is 2. The van der Waals surface area contributed by atoms with Crippen LogP contribution in [-0.2, 0) is 14.3 Å². The van der Waals surface area contributed by atoms with E-state index < -0.39 is 30.4 Å². The Balaban J connectivity index is 1.87. The monoisotopic (exact) mass is 379 g/mol. The summed E-state index contributed by atoms with van der Waals surface area (Å²) in [7, 11) is 0. The summed E-state index contributed by atoms with van der Waals surface area (Å²) in [5, 5.41) is 2.77. The number of nitrogens with one attached hydrogen (secondary N) is 1. The molecule has 138 valence electrons. The molecule has 0 radical (unpaired) electrons. The van der Waals surface area contributed by atoms with Crippen LogP contribution in [0.5, 0.6) is 5.75 Å². The van der Waals surface area contributed by atoms with E-state index in [9.17, 15) is 14.0 Å². The predicted octanol–water partition coefficient (Wildman–Crippen LogP) is 4.05. The normalized spacial score (nSPS) is 11.6. The Morgan fingerprint density at radius 3 is 2.62 bits per heavy atom. The van der Waals surface area contributed by atoms with E-state index in [0.29, 0.717) is 5.69 Å². The maximum absolute atomic E-state index is 13.0. The minimum Gasteiger partial charge on any atom is -0.480 e. The van der Waals surface area contributed by atoms with E-state index in [1.165, 1.54) is 13.0 Å². The van der Waals surface area contributed by atoms with Gasteiger partial charge in [-0.1, -0.05) is 23.7 Å². The smallest absolute Gasteiger partial charge is 0.344 e. The molecule has 1 N–H and O–H groups in total. The van der Waals surface area contributed by atoms with Crippen LogP contribution in [0.4, 0.5) is 10.1 Å². The molecule has 5 nitrogen and oxygen atoms in total. The van der Waals surface area contributed by atoms with Crippen LogP contribution in [-0.4, -0.2) is 24.6 Å². The second-order valence-electron chi connectivity index (χ2n) is 5.80. The van der Waals surface area contributed by atoms with E-state index in [1.54, 1.807) is 0 Å². The zero-order valence-corrected chi connectivity index (χ0v) is 15.4. The van der Waals surface area contributed by atoms with Gasteiger partial charge in [-0.3, -0.25) is 4.79 Å². The Labute approximate surface area is 156 Å². The van der Waals surface area contributed by atoms with Crippen molar-refractivity contribution in [2.75, 3.05) is 11.9 Å². The maximum atomic E-state index is 13.0. The third-order valence-electron chi connectivity index (χ3n) is 3.57. The molecule has 0 aromatic heterocycles. The third kappa shape index (κ3) is 5.46. The summed E-state index contributed by atoms with van der Waals surface area (Å²) in [6.07, 6.45) is -1.00. The fourth-order valence-corrected chi connectivity index (χ4v) is 2.34. The number of ether oxygens (including phenoxy) is 2. The molecule has 26 heavy (non-hydrogen) atoms. The van der Waals surface area contributed by atoms with Crippen LogP contribution >= 0.6 is 11.6 Å². The summed E-state index contributed by atoms with van der Waals surface area (Å²) >= 11 is 5.81. The molecule has 0 aliphatic heterocycles. The van der Waals surface area contributed by atoms with Crippen molar-refractivity contribution in [3.8, 4) is 5.75 Å². The maximum Gasteiger partial charge on any atom is 0.344 e. The van der Waals surface area contributed by atoms with Crippen molar-refractivity contribution in [2.45, 2.75) is 26.9 Å². The molecule has 0 saturated heterocycles. The van der Waals surface area contributed by atoms with Crippen LogP contribution in [0.15, 0.2) is 36.4 Å². The van der Waals surface area contributed by atoms with Gasteiger partial charge in [-0.25, -0.2) is 9.18 Å². The summed E-state index contributed by atoms with van der Waals surface area (Å²) in [6, 6.07) is 9.20. The number of carbonyl (C=O) groups is 2. The van der Waals surface area contributed by atoms with Crippen LogP contribution in [0.3, 0.4) is 0 Å². The molecule has 0 aliphatic rings. The number of esters is 1. The molecule has 1 amide bonds. The van der Waals surface area contributed by atoms with E-state index >= 15 is 0 Å². The Bertz CT molecular complexity index is 825. The topological polar surface area (TPSA) is 64.6 Å². The quantitative estimate of drug-likeness (QED) is 0.769. The van der Waals surface area contributed by atoms with Crippen molar-refractivity contribution in [3.05, 3.63) is 58.4 Å². The summed E-state index contributed by atoms with van der Waals surface area (Å²) in [6.45, 7) is 4.79. The lowest BCUT2D eigenvalue weighted by molar-refractivity contribution is -0.155. The highest BCUT2D eigenvalue weighted by Crippen LogP contribution is 2.24. The number of amides is 1. The molecule has 7 heteroatoms. The number of aryl methyl sites for hydroxylation is 2. The summed E-state index contributed by atoms with van der Waals surface area (Å²) < 4.78 is 23.2. The van der Waals surface area contributed by atoms with Crippen molar-refractivity contribution < 1.29 is 23.5 Å². The first kappa shape index (κ1) is 19.7. The molecule has 2 rings (SSSR count). The standard InChI is InChI=1S/C19H19ClFNO4/c1-11-4-5-12(2)16(8-11)22-19(24)13(3)26-18(23)10-25-17-7-6-14(21)9-15(17)20/h4-9,13H,10H2,1-3H3,(H,22,24)/t13-/m0/s1. The van der Waals surface area contributed by atoms with Gasteiger partial charge in [0.1, 0.15) is 11.6 Å². The molecular formula is C19H19ClFNO4. The fraction of sp³-hybridized carbons (Fsp3) is 0.263. The van der Waals surface area contributed by atoms with Crippen molar-refractivity contribution in [2.24, 2.45) is 0 Å². The van der Waals surface area contributed by atoms with Crippen LogP contribution in [0, 0.1) is 19.7 Å². The molecule has 0 heterocycles. The van der Waals surface area contributed by atoms with Gasteiger partial charge in [0.25, 0.3) is 5.91 Å². The van der Waals surface area contributed by atoms with Gasteiger partial charge in [0.15, 0.2) is 12.7 Å². The van der Waals surface area contributed by atoms with E-state index in [-0.39, 0.29) is 10.8 Å². The lowest BCUT2D eigenvalue weighted by atomic mass is 10.1. The molecule has 2 aromatic carbocycles. The highest BCUT2D eigenvalue weighted by molar-refractivity contribution is 6.32. The average Bonchev–Trinajstić information content (AvgIpc) is 2.57. The first-order valence-corrected chi connectivity index (χ1v) is 8.29. The van der Waals surface area contributed by atoms with Gasteiger partial charge in [-0.2, -0.15) is 0 Å². The second-order valence-corrected chi connectivity index (χ2v) is 6.21. The van der Waals surface area contributed by atoms with Crippen LogP contribution < -0.4 is 10.1 Å². The zero-order valence-electron chi connectivity index (χ0n) is 14.6. The van der Waals surface area contributed by atoms with Gasteiger partial charge < -0.3 is 14.8 Å². The first-order chi connectivity index (χ1) is 12.3. The van der Waals surface area contributed by atoms with E-state index in [0.717, 1.165) is 23.3 Å². The summed E-state index contributed by atoms with van der Waals surface area (Å²) in [4.78, 5) is 24.0. The Morgan fingerprint density at radius 2 is 1.92 bits per heavy atom. The van der Waals surface area contributed by atoms with Gasteiger partial charge in [-0.15, -0.1) is 0 Å². The molecule has 0 aliphatic carbocycles. The molecule has 0 saturated carbocycles. The summed E-state index contributed by atoms with van der Waals surface area (Å²) in [5.74, 6) is -1.56. The molecule has 0 fully saturated rings. The van der Waals surface area contributed by atoms with Crippen molar-refractivity contribution in [1.29, 1.82) is 0 Å².